The maximum atomic E-state index is 2.27. The molecular weight excluding hydrogens is 304 g/mol. The van der Waals surface area contributed by atoms with Crippen molar-refractivity contribution in [2.45, 2.75) is 9.79 Å². The van der Waals surface area contributed by atoms with Crippen LogP contribution in [0.2, 0.25) is 0 Å². The first-order chi connectivity index (χ1) is 10.9. The molecule has 0 saturated carbocycles. The Kier molecular flexibility index (Phi) is 3.79. The minimum Gasteiger partial charge on any atom is -0.0821 e. The van der Waals surface area contributed by atoms with Crippen LogP contribution in [0.5, 0.6) is 0 Å². The van der Waals surface area contributed by atoms with E-state index in [1.807, 2.05) is 23.5 Å². The van der Waals surface area contributed by atoms with Crippen LogP contribution in [0.3, 0.4) is 0 Å². The first kappa shape index (κ1) is 13.7. The monoisotopic (exact) mass is 318 g/mol. The largest absolute Gasteiger partial charge is 0.0821 e. The van der Waals surface area contributed by atoms with Crippen molar-refractivity contribution in [1.82, 2.24) is 0 Å². The van der Waals surface area contributed by atoms with E-state index in [0.29, 0.717) is 0 Å². The summed E-state index contributed by atoms with van der Waals surface area (Å²) in [6, 6.07) is 27.8. The Hall–Kier alpha value is -1.90. The zero-order chi connectivity index (χ0) is 14.8. The van der Waals surface area contributed by atoms with Crippen molar-refractivity contribution in [2.75, 3.05) is 0 Å². The summed E-state index contributed by atoms with van der Waals surface area (Å²) in [6.07, 6.45) is 2.27. The highest BCUT2D eigenvalue weighted by Gasteiger charge is 2.17. The molecule has 0 saturated heterocycles. The van der Waals surface area contributed by atoms with Crippen molar-refractivity contribution in [2.24, 2.45) is 0 Å². The lowest BCUT2D eigenvalue weighted by atomic mass is 10.1. The number of hydrogen-bond acceptors (Lipinski definition) is 2. The third kappa shape index (κ3) is 2.72. The smallest absolute Gasteiger partial charge is 0.0505 e. The highest BCUT2D eigenvalue weighted by molar-refractivity contribution is 8.22. The van der Waals surface area contributed by atoms with Crippen LogP contribution in [0.1, 0.15) is 5.56 Å². The maximum Gasteiger partial charge on any atom is 0.0505 e. The van der Waals surface area contributed by atoms with Gasteiger partial charge in [-0.25, -0.2) is 0 Å². The molecule has 0 radical (unpaired) electrons. The van der Waals surface area contributed by atoms with Crippen LogP contribution in [0.15, 0.2) is 92.9 Å². The summed E-state index contributed by atoms with van der Waals surface area (Å²) in [5.74, 6) is 0. The van der Waals surface area contributed by atoms with Crippen LogP contribution in [0, 0.1) is 0 Å². The molecule has 4 rings (SSSR count). The zero-order valence-corrected chi connectivity index (χ0v) is 13.5. The lowest BCUT2D eigenvalue weighted by Gasteiger charge is -2.06. The predicted octanol–water partition coefficient (Wildman–Crippen LogP) is 6.55. The van der Waals surface area contributed by atoms with Gasteiger partial charge in [0.05, 0.1) is 4.24 Å². The summed E-state index contributed by atoms with van der Waals surface area (Å²) in [4.78, 5) is 2.64. The molecule has 1 heterocycles. The highest BCUT2D eigenvalue weighted by atomic mass is 32.2. The first-order valence-corrected chi connectivity index (χ1v) is 8.84. The summed E-state index contributed by atoms with van der Waals surface area (Å²) in [5.41, 5.74) is 3.90. The third-order valence-corrected chi connectivity index (χ3v) is 5.86. The quantitative estimate of drug-likeness (QED) is 0.499. The molecule has 3 aromatic carbocycles. The first-order valence-electron chi connectivity index (χ1n) is 7.21. The molecular formula is C20H14S2. The van der Waals surface area contributed by atoms with Gasteiger partial charge in [-0.1, -0.05) is 90.3 Å². The van der Waals surface area contributed by atoms with Crippen LogP contribution in [-0.4, -0.2) is 0 Å². The molecule has 0 N–H and O–H groups in total. The zero-order valence-electron chi connectivity index (χ0n) is 11.9. The second-order valence-electron chi connectivity index (χ2n) is 5.07. The molecule has 2 heteroatoms. The van der Waals surface area contributed by atoms with Gasteiger partial charge in [0.1, 0.15) is 0 Å². The van der Waals surface area contributed by atoms with E-state index in [0.717, 1.165) is 0 Å². The van der Waals surface area contributed by atoms with Gasteiger partial charge in [0.2, 0.25) is 0 Å². The Morgan fingerprint density at radius 3 is 1.64 bits per heavy atom. The Labute approximate surface area is 139 Å². The van der Waals surface area contributed by atoms with E-state index in [-0.39, 0.29) is 0 Å². The molecule has 0 fully saturated rings. The summed E-state index contributed by atoms with van der Waals surface area (Å²) in [7, 11) is 0. The molecule has 0 aliphatic carbocycles. The third-order valence-electron chi connectivity index (χ3n) is 3.57. The molecule has 0 spiro atoms. The van der Waals surface area contributed by atoms with Gasteiger partial charge in [0, 0.05) is 9.79 Å². The fourth-order valence-corrected chi connectivity index (χ4v) is 4.94. The lowest BCUT2D eigenvalue weighted by Crippen LogP contribution is -1.81. The average Bonchev–Trinajstić information content (AvgIpc) is 2.72. The summed E-state index contributed by atoms with van der Waals surface area (Å²) < 4.78 is 1.31. The van der Waals surface area contributed by atoms with Crippen LogP contribution in [0.4, 0.5) is 0 Å². The van der Waals surface area contributed by atoms with Gasteiger partial charge >= 0.3 is 0 Å². The van der Waals surface area contributed by atoms with Crippen LogP contribution in [-0.2, 0) is 0 Å². The highest BCUT2D eigenvalue weighted by Crippen LogP contribution is 2.50. The molecule has 22 heavy (non-hydrogen) atoms. The lowest BCUT2D eigenvalue weighted by molar-refractivity contribution is 1.39. The molecule has 1 aliphatic heterocycles. The SMILES string of the molecule is C(=C1Sc2ccccc2-c2ccccc2S1)c1ccccc1. The number of benzene rings is 3. The molecule has 0 unspecified atom stereocenters. The van der Waals surface area contributed by atoms with E-state index in [2.05, 4.69) is 84.9 Å². The Morgan fingerprint density at radius 2 is 1.05 bits per heavy atom. The summed E-state index contributed by atoms with van der Waals surface area (Å²) in [6.45, 7) is 0. The molecule has 0 amide bonds. The van der Waals surface area contributed by atoms with Crippen LogP contribution in [0.25, 0.3) is 17.2 Å². The van der Waals surface area contributed by atoms with Gasteiger partial charge < -0.3 is 0 Å². The minimum atomic E-state index is 1.24. The molecule has 3 aromatic rings. The van der Waals surface area contributed by atoms with Crippen molar-refractivity contribution in [1.29, 1.82) is 0 Å². The molecule has 0 nitrogen and oxygen atoms in total. The molecule has 0 bridgehead atoms. The van der Waals surface area contributed by atoms with Gasteiger partial charge in [-0.2, -0.15) is 0 Å². The number of hydrogen-bond donors (Lipinski definition) is 0. The van der Waals surface area contributed by atoms with Gasteiger partial charge in [-0.15, -0.1) is 0 Å². The Bertz CT molecular complexity index is 786. The van der Waals surface area contributed by atoms with Crippen molar-refractivity contribution < 1.29 is 0 Å². The van der Waals surface area contributed by atoms with Crippen LogP contribution >= 0.6 is 23.5 Å². The number of thioether (sulfide) groups is 2. The molecule has 1 aliphatic rings. The molecule has 106 valence electrons. The fraction of sp³-hybridized carbons (Fsp3) is 0. The van der Waals surface area contributed by atoms with E-state index in [4.69, 9.17) is 0 Å². The van der Waals surface area contributed by atoms with E-state index in [9.17, 15) is 0 Å². The van der Waals surface area contributed by atoms with Crippen molar-refractivity contribution in [3.63, 3.8) is 0 Å². The standard InChI is InChI=1S/C20H14S2/c1-2-8-15(9-3-1)14-20-21-18-12-6-4-10-16(18)17-11-5-7-13-19(17)22-20/h1-14H. The summed E-state index contributed by atoms with van der Waals surface area (Å²) in [5, 5.41) is 0. The fourth-order valence-electron chi connectivity index (χ4n) is 2.54. The maximum absolute atomic E-state index is 2.27. The van der Waals surface area contributed by atoms with Gasteiger partial charge in [0.25, 0.3) is 0 Å². The van der Waals surface area contributed by atoms with Crippen molar-refractivity contribution >= 4 is 29.6 Å². The van der Waals surface area contributed by atoms with E-state index < -0.39 is 0 Å². The minimum absolute atomic E-state index is 1.24. The average molecular weight is 318 g/mol. The van der Waals surface area contributed by atoms with Gasteiger partial charge in [-0.05, 0) is 34.9 Å². The van der Waals surface area contributed by atoms with E-state index in [1.54, 1.807) is 0 Å². The Morgan fingerprint density at radius 1 is 0.545 bits per heavy atom. The second kappa shape index (κ2) is 6.07. The van der Waals surface area contributed by atoms with E-state index >= 15 is 0 Å². The van der Waals surface area contributed by atoms with Gasteiger partial charge in [0.15, 0.2) is 0 Å². The second-order valence-corrected chi connectivity index (χ2v) is 7.50. The topological polar surface area (TPSA) is 0 Å². The molecule has 0 aromatic heterocycles. The predicted molar refractivity (Wildman–Crippen MR) is 98.0 cm³/mol. The van der Waals surface area contributed by atoms with Crippen LogP contribution < -0.4 is 0 Å². The van der Waals surface area contributed by atoms with E-state index in [1.165, 1.54) is 30.7 Å². The normalized spacial score (nSPS) is 13.0. The Balaban J connectivity index is 1.85. The van der Waals surface area contributed by atoms with Gasteiger partial charge in [-0.3, -0.25) is 0 Å². The van der Waals surface area contributed by atoms with Crippen molar-refractivity contribution in [3.05, 3.63) is 88.7 Å². The molecule has 0 atom stereocenters. The summed E-state index contributed by atoms with van der Waals surface area (Å²) >= 11 is 3.71. The number of rotatable bonds is 1. The van der Waals surface area contributed by atoms with Crippen molar-refractivity contribution in [3.8, 4) is 11.1 Å². The number of fused-ring (bicyclic) bond motifs is 3.